The van der Waals surface area contributed by atoms with Crippen LogP contribution in [0.5, 0.6) is 11.5 Å². The van der Waals surface area contributed by atoms with Gasteiger partial charge >= 0.3 is 5.97 Å². The second-order valence-electron chi connectivity index (χ2n) is 5.74. The zero-order valence-electron chi connectivity index (χ0n) is 15.7. The number of carbonyl (C=O) groups excluding carboxylic acids is 1. The molecule has 2 atom stereocenters. The molecular weight excluding hydrogens is 308 g/mol. The number of methoxy groups -OCH3 is 1. The summed E-state index contributed by atoms with van der Waals surface area (Å²) in [4.78, 5) is 11.8. The summed E-state index contributed by atoms with van der Waals surface area (Å²) in [6, 6.07) is 1.91. The minimum atomic E-state index is -0.485. The van der Waals surface area contributed by atoms with E-state index in [-0.39, 0.29) is 0 Å². The van der Waals surface area contributed by atoms with Gasteiger partial charge in [0.2, 0.25) is 0 Å². The fourth-order valence-corrected chi connectivity index (χ4v) is 2.51. The highest BCUT2D eigenvalue weighted by Gasteiger charge is 2.23. The molecule has 1 aromatic carbocycles. The molecule has 1 aromatic rings. The van der Waals surface area contributed by atoms with Crippen molar-refractivity contribution >= 4 is 5.97 Å². The van der Waals surface area contributed by atoms with E-state index < -0.39 is 18.4 Å². The molecule has 0 N–H and O–H groups in total. The lowest BCUT2D eigenvalue weighted by atomic mass is 10.0. The van der Waals surface area contributed by atoms with Crippen LogP contribution in [0, 0.1) is 13.8 Å². The van der Waals surface area contributed by atoms with E-state index in [1.54, 1.807) is 21.0 Å². The molecular formula is C19H28O5. The van der Waals surface area contributed by atoms with Gasteiger partial charge in [0.05, 0.1) is 7.11 Å². The molecule has 1 rings (SSSR count). The maximum atomic E-state index is 11.8. The number of ether oxygens (including phenoxy) is 4. The summed E-state index contributed by atoms with van der Waals surface area (Å²) >= 11 is 0. The predicted octanol–water partition coefficient (Wildman–Crippen LogP) is 4.25. The first-order chi connectivity index (χ1) is 11.2. The Balaban J connectivity index is 3.30. The third kappa shape index (κ3) is 4.74. The molecule has 0 fully saturated rings. The predicted molar refractivity (Wildman–Crippen MR) is 93.5 cm³/mol. The summed E-state index contributed by atoms with van der Waals surface area (Å²) in [6.45, 7) is 15.2. The van der Waals surface area contributed by atoms with Gasteiger partial charge in [-0.2, -0.15) is 0 Å². The highest BCUT2D eigenvalue weighted by atomic mass is 16.7. The quantitative estimate of drug-likeness (QED) is 0.403. The van der Waals surface area contributed by atoms with Crippen LogP contribution in [0.3, 0.4) is 0 Å². The van der Waals surface area contributed by atoms with E-state index >= 15 is 0 Å². The van der Waals surface area contributed by atoms with Gasteiger partial charge in [0.25, 0.3) is 0 Å². The SMILES string of the molecule is C=C(C)C(=O)OC(C)c1cc(C)c(OC)c(C)c1OC(C)OCC. The maximum absolute atomic E-state index is 11.8. The van der Waals surface area contributed by atoms with Gasteiger partial charge < -0.3 is 18.9 Å². The van der Waals surface area contributed by atoms with Gasteiger partial charge in [-0.25, -0.2) is 4.79 Å². The molecule has 2 unspecified atom stereocenters. The van der Waals surface area contributed by atoms with Crippen molar-refractivity contribution in [3.8, 4) is 11.5 Å². The first-order valence-corrected chi connectivity index (χ1v) is 8.05. The smallest absolute Gasteiger partial charge is 0.333 e. The lowest BCUT2D eigenvalue weighted by Crippen LogP contribution is -2.19. The average molecular weight is 336 g/mol. The summed E-state index contributed by atoms with van der Waals surface area (Å²) in [5.41, 5.74) is 2.91. The molecule has 0 aromatic heterocycles. The maximum Gasteiger partial charge on any atom is 0.333 e. The van der Waals surface area contributed by atoms with Gasteiger partial charge in [0, 0.05) is 23.3 Å². The Hall–Kier alpha value is -2.01. The van der Waals surface area contributed by atoms with Crippen molar-refractivity contribution in [3.63, 3.8) is 0 Å². The number of benzene rings is 1. The number of carbonyl (C=O) groups is 1. The van der Waals surface area contributed by atoms with Crippen LogP contribution in [0.4, 0.5) is 0 Å². The monoisotopic (exact) mass is 336 g/mol. The first-order valence-electron chi connectivity index (χ1n) is 8.05. The largest absolute Gasteiger partial charge is 0.496 e. The third-order valence-corrected chi connectivity index (χ3v) is 3.63. The third-order valence-electron chi connectivity index (χ3n) is 3.63. The number of hydrogen-bond donors (Lipinski definition) is 0. The molecule has 0 bridgehead atoms. The van der Waals surface area contributed by atoms with Crippen LogP contribution in [0.15, 0.2) is 18.2 Å². The van der Waals surface area contributed by atoms with Crippen LogP contribution in [0.25, 0.3) is 0 Å². The molecule has 5 heteroatoms. The van der Waals surface area contributed by atoms with Crippen LogP contribution in [-0.4, -0.2) is 26.0 Å². The molecule has 0 radical (unpaired) electrons. The van der Waals surface area contributed by atoms with Crippen LogP contribution >= 0.6 is 0 Å². The van der Waals surface area contributed by atoms with Crippen molar-refractivity contribution in [2.75, 3.05) is 13.7 Å². The van der Waals surface area contributed by atoms with Crippen molar-refractivity contribution in [3.05, 3.63) is 34.9 Å². The fourth-order valence-electron chi connectivity index (χ4n) is 2.51. The van der Waals surface area contributed by atoms with E-state index in [9.17, 15) is 4.79 Å². The second kappa shape index (κ2) is 8.73. The zero-order chi connectivity index (χ0) is 18.4. The van der Waals surface area contributed by atoms with E-state index in [4.69, 9.17) is 18.9 Å². The molecule has 0 aliphatic heterocycles. The van der Waals surface area contributed by atoms with E-state index in [0.717, 1.165) is 22.4 Å². The van der Waals surface area contributed by atoms with Gasteiger partial charge in [-0.3, -0.25) is 0 Å². The Kier molecular flexibility index (Phi) is 7.29. The molecule has 24 heavy (non-hydrogen) atoms. The molecule has 134 valence electrons. The van der Waals surface area contributed by atoms with Crippen molar-refractivity contribution in [1.82, 2.24) is 0 Å². The number of hydrogen-bond acceptors (Lipinski definition) is 5. The van der Waals surface area contributed by atoms with Crippen molar-refractivity contribution in [2.45, 2.75) is 53.9 Å². The van der Waals surface area contributed by atoms with Crippen LogP contribution < -0.4 is 9.47 Å². The van der Waals surface area contributed by atoms with Crippen molar-refractivity contribution in [1.29, 1.82) is 0 Å². The summed E-state index contributed by atoms with van der Waals surface area (Å²) in [5.74, 6) is 0.925. The Labute approximate surface area is 144 Å². The highest BCUT2D eigenvalue weighted by Crippen LogP contribution is 2.39. The minimum absolute atomic E-state index is 0.356. The number of aryl methyl sites for hydroxylation is 1. The fraction of sp³-hybridized carbons (Fsp3) is 0.526. The van der Waals surface area contributed by atoms with Crippen LogP contribution in [-0.2, 0) is 14.3 Å². The molecule has 0 heterocycles. The number of rotatable bonds is 8. The van der Waals surface area contributed by atoms with Gasteiger partial charge in [0.15, 0.2) is 6.29 Å². The van der Waals surface area contributed by atoms with E-state index in [1.807, 2.05) is 33.8 Å². The van der Waals surface area contributed by atoms with E-state index in [0.29, 0.717) is 17.9 Å². The molecule has 0 spiro atoms. The lowest BCUT2D eigenvalue weighted by Gasteiger charge is -2.24. The summed E-state index contributed by atoms with van der Waals surface area (Å²) in [5, 5.41) is 0. The minimum Gasteiger partial charge on any atom is -0.496 e. The summed E-state index contributed by atoms with van der Waals surface area (Å²) in [7, 11) is 1.62. The molecule has 0 aliphatic rings. The Morgan fingerprint density at radius 2 is 1.88 bits per heavy atom. The molecule has 0 aliphatic carbocycles. The van der Waals surface area contributed by atoms with Crippen LogP contribution in [0.1, 0.15) is 50.5 Å². The zero-order valence-corrected chi connectivity index (χ0v) is 15.7. The molecule has 0 saturated carbocycles. The Bertz CT molecular complexity index is 606. The summed E-state index contributed by atoms with van der Waals surface area (Å²) < 4.78 is 22.4. The van der Waals surface area contributed by atoms with Gasteiger partial charge in [-0.05, 0) is 53.2 Å². The van der Waals surface area contributed by atoms with Gasteiger partial charge in [-0.15, -0.1) is 0 Å². The van der Waals surface area contributed by atoms with Gasteiger partial charge in [-0.1, -0.05) is 6.58 Å². The highest BCUT2D eigenvalue weighted by molar-refractivity contribution is 5.87. The topological polar surface area (TPSA) is 54.0 Å². The standard InChI is InChI=1S/C19H28O5/c1-9-22-15(7)24-18-13(5)17(21-8)12(4)10-16(18)14(6)23-19(20)11(2)3/h10,14-15H,2,9H2,1,3-8H3. The molecule has 0 amide bonds. The summed E-state index contributed by atoms with van der Waals surface area (Å²) in [6.07, 6.45) is -0.912. The molecule has 0 saturated heterocycles. The van der Waals surface area contributed by atoms with Crippen molar-refractivity contribution in [2.24, 2.45) is 0 Å². The first kappa shape index (κ1) is 20.0. The number of esters is 1. The normalized spacial score (nSPS) is 13.1. The lowest BCUT2D eigenvalue weighted by molar-refractivity contribution is -0.143. The second-order valence-corrected chi connectivity index (χ2v) is 5.74. The van der Waals surface area contributed by atoms with E-state index in [2.05, 4.69) is 6.58 Å². The Morgan fingerprint density at radius 1 is 1.25 bits per heavy atom. The average Bonchev–Trinajstić information content (AvgIpc) is 2.50. The van der Waals surface area contributed by atoms with Crippen LogP contribution in [0.2, 0.25) is 0 Å². The molecule has 5 nitrogen and oxygen atoms in total. The Morgan fingerprint density at radius 3 is 2.38 bits per heavy atom. The van der Waals surface area contributed by atoms with Crippen molar-refractivity contribution < 1.29 is 23.7 Å². The van der Waals surface area contributed by atoms with Gasteiger partial charge in [0.1, 0.15) is 17.6 Å². The van der Waals surface area contributed by atoms with E-state index in [1.165, 1.54) is 0 Å².